The van der Waals surface area contributed by atoms with Crippen LogP contribution in [0.2, 0.25) is 0 Å². The summed E-state index contributed by atoms with van der Waals surface area (Å²) in [6, 6.07) is 2.14. The number of nitrogens with zero attached hydrogens (tertiary/aromatic N) is 1. The zero-order chi connectivity index (χ0) is 26.5. The Bertz CT molecular complexity index is 1160. The van der Waals surface area contributed by atoms with Crippen LogP contribution in [0.4, 0.5) is 4.79 Å². The molecule has 0 spiro atoms. The van der Waals surface area contributed by atoms with Crippen molar-refractivity contribution in [3.05, 3.63) is 23.3 Å². The van der Waals surface area contributed by atoms with E-state index in [1.807, 2.05) is 19.1 Å². The molecular formula is C30H40N2O4. The van der Waals surface area contributed by atoms with Gasteiger partial charge in [0.25, 0.3) is 0 Å². The SMILES string of the molecule is CC1C(=O)C(C#N)=CC2(C)C3=CC(=O)C4C5CC(C)(C)CCC5(OC(N)=O)CCC4(C)C3(C)CCC12. The normalized spacial score (nSPS) is 47.1. The van der Waals surface area contributed by atoms with Gasteiger partial charge in [0.2, 0.25) is 0 Å². The minimum absolute atomic E-state index is 0.0475. The van der Waals surface area contributed by atoms with Crippen LogP contribution in [-0.2, 0) is 14.3 Å². The van der Waals surface area contributed by atoms with E-state index in [-0.39, 0.29) is 57.1 Å². The molecule has 0 aromatic rings. The smallest absolute Gasteiger partial charge is 0.405 e. The molecule has 194 valence electrons. The topological polar surface area (TPSA) is 110 Å². The van der Waals surface area contributed by atoms with E-state index in [1.165, 1.54) is 0 Å². The Morgan fingerprint density at radius 1 is 1.06 bits per heavy atom. The molecule has 6 nitrogen and oxygen atoms in total. The van der Waals surface area contributed by atoms with E-state index in [9.17, 15) is 19.6 Å². The molecule has 0 aromatic heterocycles. The van der Waals surface area contributed by atoms with Gasteiger partial charge in [0, 0.05) is 23.2 Å². The van der Waals surface area contributed by atoms with Crippen LogP contribution in [-0.4, -0.2) is 23.3 Å². The van der Waals surface area contributed by atoms with Gasteiger partial charge >= 0.3 is 6.09 Å². The van der Waals surface area contributed by atoms with E-state index >= 15 is 0 Å². The molecule has 0 heterocycles. The summed E-state index contributed by atoms with van der Waals surface area (Å²) < 4.78 is 5.93. The molecule has 5 rings (SSSR count). The summed E-state index contributed by atoms with van der Waals surface area (Å²) in [4.78, 5) is 39.1. The van der Waals surface area contributed by atoms with Gasteiger partial charge in [-0.05, 0) is 73.2 Å². The number of nitrogens with two attached hydrogens (primary N) is 1. The van der Waals surface area contributed by atoms with Crippen molar-refractivity contribution in [1.82, 2.24) is 0 Å². The maximum absolute atomic E-state index is 14.2. The first-order valence-corrected chi connectivity index (χ1v) is 13.6. The fourth-order valence-electron chi connectivity index (χ4n) is 9.58. The van der Waals surface area contributed by atoms with Gasteiger partial charge in [0.05, 0.1) is 5.57 Å². The summed E-state index contributed by atoms with van der Waals surface area (Å²) in [7, 11) is 0. The summed E-state index contributed by atoms with van der Waals surface area (Å²) in [6.45, 7) is 13.1. The molecule has 8 atom stereocenters. The van der Waals surface area contributed by atoms with E-state index < -0.39 is 17.1 Å². The van der Waals surface area contributed by atoms with Gasteiger partial charge in [0.1, 0.15) is 11.7 Å². The molecule has 5 aliphatic carbocycles. The van der Waals surface area contributed by atoms with Crippen molar-refractivity contribution in [2.24, 2.45) is 51.1 Å². The molecule has 0 bridgehead atoms. The first kappa shape index (κ1) is 25.2. The second-order valence-corrected chi connectivity index (χ2v) is 13.9. The number of ether oxygens (including phenoxy) is 1. The second kappa shape index (κ2) is 7.55. The van der Waals surface area contributed by atoms with Crippen LogP contribution in [0.3, 0.4) is 0 Å². The van der Waals surface area contributed by atoms with Crippen molar-refractivity contribution in [3.8, 4) is 6.07 Å². The number of amides is 1. The van der Waals surface area contributed by atoms with Crippen molar-refractivity contribution >= 4 is 17.7 Å². The van der Waals surface area contributed by atoms with Crippen LogP contribution in [0.1, 0.15) is 86.5 Å². The number of primary amides is 1. The number of nitriles is 1. The predicted molar refractivity (Wildman–Crippen MR) is 135 cm³/mol. The fourth-order valence-corrected chi connectivity index (χ4v) is 9.58. The Kier molecular flexibility index (Phi) is 5.30. The number of rotatable bonds is 1. The first-order chi connectivity index (χ1) is 16.6. The Morgan fingerprint density at radius 2 is 1.72 bits per heavy atom. The molecule has 0 saturated heterocycles. The van der Waals surface area contributed by atoms with Crippen molar-refractivity contribution in [2.45, 2.75) is 92.1 Å². The molecular weight excluding hydrogens is 452 g/mol. The molecule has 0 aromatic carbocycles. The summed E-state index contributed by atoms with van der Waals surface area (Å²) in [5, 5.41) is 9.74. The number of carbonyl (C=O) groups is 3. The number of hydrogen-bond donors (Lipinski definition) is 1. The minimum Gasteiger partial charge on any atom is -0.443 e. The summed E-state index contributed by atoms with van der Waals surface area (Å²) in [6.07, 6.45) is 8.71. The van der Waals surface area contributed by atoms with Crippen LogP contribution in [0.15, 0.2) is 23.3 Å². The fraction of sp³-hybridized carbons (Fsp3) is 0.733. The Balaban J connectivity index is 1.68. The van der Waals surface area contributed by atoms with E-state index in [1.54, 1.807) is 0 Å². The predicted octanol–water partition coefficient (Wildman–Crippen LogP) is 5.66. The minimum atomic E-state index is -0.753. The highest BCUT2D eigenvalue weighted by atomic mass is 16.6. The van der Waals surface area contributed by atoms with Gasteiger partial charge < -0.3 is 10.5 Å². The Morgan fingerprint density at radius 3 is 2.36 bits per heavy atom. The number of hydrogen-bond acceptors (Lipinski definition) is 5. The number of fused-ring (bicyclic) bond motifs is 7. The lowest BCUT2D eigenvalue weighted by Crippen LogP contribution is -2.66. The lowest BCUT2D eigenvalue weighted by Gasteiger charge is -2.68. The third-order valence-corrected chi connectivity index (χ3v) is 11.7. The van der Waals surface area contributed by atoms with Crippen LogP contribution < -0.4 is 5.73 Å². The molecule has 0 radical (unpaired) electrons. The zero-order valence-electron chi connectivity index (χ0n) is 22.6. The third-order valence-electron chi connectivity index (χ3n) is 11.7. The van der Waals surface area contributed by atoms with Crippen molar-refractivity contribution in [2.75, 3.05) is 0 Å². The number of carbonyl (C=O) groups excluding carboxylic acids is 3. The maximum atomic E-state index is 14.2. The van der Waals surface area contributed by atoms with Gasteiger partial charge in [-0.15, -0.1) is 0 Å². The Hall–Kier alpha value is -2.42. The van der Waals surface area contributed by atoms with E-state index in [0.717, 1.165) is 44.1 Å². The highest BCUT2D eigenvalue weighted by molar-refractivity contribution is 6.02. The highest BCUT2D eigenvalue weighted by Crippen LogP contribution is 2.72. The second-order valence-electron chi connectivity index (χ2n) is 13.9. The first-order valence-electron chi connectivity index (χ1n) is 13.6. The van der Waals surface area contributed by atoms with Crippen molar-refractivity contribution in [1.29, 1.82) is 5.26 Å². The molecule has 3 saturated carbocycles. The zero-order valence-corrected chi connectivity index (χ0v) is 22.6. The van der Waals surface area contributed by atoms with Crippen LogP contribution in [0.5, 0.6) is 0 Å². The average molecular weight is 493 g/mol. The van der Waals surface area contributed by atoms with Crippen LogP contribution >= 0.6 is 0 Å². The Labute approximate surface area is 214 Å². The van der Waals surface area contributed by atoms with E-state index in [0.29, 0.717) is 6.42 Å². The van der Waals surface area contributed by atoms with Gasteiger partial charge in [-0.2, -0.15) is 5.26 Å². The quantitative estimate of drug-likeness (QED) is 0.507. The number of Topliss-reactive ketones (excluding diaryl/α,β-unsaturated/α-hetero) is 1. The van der Waals surface area contributed by atoms with Gasteiger partial charge in [0.15, 0.2) is 11.6 Å². The lowest BCUT2D eigenvalue weighted by atomic mass is 9.36. The van der Waals surface area contributed by atoms with Gasteiger partial charge in [-0.25, -0.2) is 4.79 Å². The maximum Gasteiger partial charge on any atom is 0.405 e. The molecule has 2 N–H and O–H groups in total. The molecule has 8 unspecified atom stereocenters. The molecule has 3 fully saturated rings. The van der Waals surface area contributed by atoms with Crippen molar-refractivity contribution < 1.29 is 19.1 Å². The third kappa shape index (κ3) is 3.10. The van der Waals surface area contributed by atoms with Gasteiger partial charge in [-0.3, -0.25) is 9.59 Å². The number of allylic oxidation sites excluding steroid dienone is 4. The lowest BCUT2D eigenvalue weighted by molar-refractivity contribution is -0.193. The monoisotopic (exact) mass is 492 g/mol. The highest BCUT2D eigenvalue weighted by Gasteiger charge is 2.69. The van der Waals surface area contributed by atoms with Gasteiger partial charge in [-0.1, -0.05) is 53.2 Å². The largest absolute Gasteiger partial charge is 0.443 e. The summed E-state index contributed by atoms with van der Waals surface area (Å²) in [5.41, 5.74) is 5.14. The van der Waals surface area contributed by atoms with E-state index in [4.69, 9.17) is 10.5 Å². The van der Waals surface area contributed by atoms with Crippen LogP contribution in [0.25, 0.3) is 0 Å². The number of ketones is 2. The molecule has 5 aliphatic rings. The van der Waals surface area contributed by atoms with Crippen molar-refractivity contribution in [3.63, 3.8) is 0 Å². The molecule has 0 aliphatic heterocycles. The molecule has 1 amide bonds. The average Bonchev–Trinajstić information content (AvgIpc) is 2.78. The molecule has 6 heteroatoms. The van der Waals surface area contributed by atoms with E-state index in [2.05, 4.69) is 40.7 Å². The van der Waals surface area contributed by atoms with Crippen LogP contribution in [0, 0.1) is 56.7 Å². The summed E-state index contributed by atoms with van der Waals surface area (Å²) >= 11 is 0. The standard InChI is InChI=1S/C30H40N2O4/c1-17-19-7-8-28(5)22(27(19,4)14-18(16-31)24(17)34)13-21(33)23-20-15-26(2,3)9-11-30(20,36-25(32)35)12-10-29(23,28)6/h13-14,17,19-20,23H,7-12,15H2,1-6H3,(H2,32,35). The molecule has 36 heavy (non-hydrogen) atoms. The summed E-state index contributed by atoms with van der Waals surface area (Å²) in [5.74, 6) is -0.501.